The first-order valence-electron chi connectivity index (χ1n) is 6.27. The molecule has 0 aliphatic heterocycles. The van der Waals surface area contributed by atoms with Gasteiger partial charge >= 0.3 is 0 Å². The van der Waals surface area contributed by atoms with Gasteiger partial charge in [0.2, 0.25) is 5.91 Å². The summed E-state index contributed by atoms with van der Waals surface area (Å²) < 4.78 is 0. The van der Waals surface area contributed by atoms with Gasteiger partial charge in [0, 0.05) is 19.0 Å². The van der Waals surface area contributed by atoms with Gasteiger partial charge in [-0.2, -0.15) is 0 Å². The van der Waals surface area contributed by atoms with Gasteiger partial charge in [0.05, 0.1) is 5.56 Å². The molecule has 0 unspecified atom stereocenters. The van der Waals surface area contributed by atoms with Crippen LogP contribution in [0.5, 0.6) is 5.75 Å². The zero-order valence-electron chi connectivity index (χ0n) is 11.5. The normalized spacial score (nSPS) is 10.3. The molecule has 19 heavy (non-hydrogen) atoms. The zero-order valence-corrected chi connectivity index (χ0v) is 11.5. The minimum absolute atomic E-state index is 0.0382. The highest BCUT2D eigenvalue weighted by Crippen LogP contribution is 2.17. The molecule has 0 aliphatic carbocycles. The molecule has 0 fully saturated rings. The van der Waals surface area contributed by atoms with Gasteiger partial charge in [0.25, 0.3) is 5.91 Å². The van der Waals surface area contributed by atoms with E-state index in [-0.39, 0.29) is 29.0 Å². The SMILES string of the molecule is Cc1ccc(C(=O)NCCNC(=O)C(C)C)c(O)c1. The van der Waals surface area contributed by atoms with Gasteiger partial charge in [-0.05, 0) is 24.6 Å². The first-order valence-corrected chi connectivity index (χ1v) is 6.27. The molecule has 0 radical (unpaired) electrons. The standard InChI is InChI=1S/C14H20N2O3/c1-9(2)13(18)15-6-7-16-14(19)11-5-4-10(3)8-12(11)17/h4-5,8-9,17H,6-7H2,1-3H3,(H,15,18)(H,16,19). The number of phenols is 1. The van der Waals surface area contributed by atoms with Gasteiger partial charge in [-0.25, -0.2) is 0 Å². The number of amides is 2. The van der Waals surface area contributed by atoms with Crippen molar-refractivity contribution in [3.8, 4) is 5.75 Å². The average molecular weight is 264 g/mol. The molecule has 1 rings (SSSR count). The highest BCUT2D eigenvalue weighted by molar-refractivity contribution is 5.96. The maximum Gasteiger partial charge on any atom is 0.255 e. The van der Waals surface area contributed by atoms with E-state index < -0.39 is 0 Å². The third-order valence-corrected chi connectivity index (χ3v) is 2.63. The Morgan fingerprint density at radius 1 is 1.21 bits per heavy atom. The van der Waals surface area contributed by atoms with Crippen molar-refractivity contribution in [2.45, 2.75) is 20.8 Å². The summed E-state index contributed by atoms with van der Waals surface area (Å²) in [5, 5.41) is 15.0. The van der Waals surface area contributed by atoms with Crippen LogP contribution in [0.15, 0.2) is 18.2 Å². The Balaban J connectivity index is 2.41. The summed E-state index contributed by atoms with van der Waals surface area (Å²) in [6, 6.07) is 4.87. The van der Waals surface area contributed by atoms with E-state index in [9.17, 15) is 14.7 Å². The number of nitrogens with one attached hydrogen (secondary N) is 2. The van der Waals surface area contributed by atoms with Gasteiger partial charge in [-0.3, -0.25) is 9.59 Å². The Morgan fingerprint density at radius 2 is 1.84 bits per heavy atom. The van der Waals surface area contributed by atoms with Gasteiger partial charge in [0.1, 0.15) is 5.75 Å². The monoisotopic (exact) mass is 264 g/mol. The van der Waals surface area contributed by atoms with Crippen LogP contribution in [0.25, 0.3) is 0 Å². The number of phenolic OH excluding ortho intramolecular Hbond substituents is 1. The van der Waals surface area contributed by atoms with E-state index in [1.807, 2.05) is 6.92 Å². The Kier molecular flexibility index (Phi) is 5.36. The lowest BCUT2D eigenvalue weighted by atomic mass is 10.1. The number of rotatable bonds is 5. The number of benzene rings is 1. The molecule has 5 heteroatoms. The first-order chi connectivity index (χ1) is 8.91. The number of aryl methyl sites for hydroxylation is 1. The van der Waals surface area contributed by atoms with Crippen LogP contribution in [0.1, 0.15) is 29.8 Å². The number of carbonyl (C=O) groups is 2. The van der Waals surface area contributed by atoms with E-state index in [0.29, 0.717) is 13.1 Å². The van der Waals surface area contributed by atoms with Crippen LogP contribution in [-0.2, 0) is 4.79 Å². The van der Waals surface area contributed by atoms with Crippen molar-refractivity contribution in [2.24, 2.45) is 5.92 Å². The van der Waals surface area contributed by atoms with Crippen LogP contribution in [0.3, 0.4) is 0 Å². The number of aromatic hydroxyl groups is 1. The van der Waals surface area contributed by atoms with E-state index in [2.05, 4.69) is 10.6 Å². The second-order valence-electron chi connectivity index (χ2n) is 4.72. The first kappa shape index (κ1) is 15.0. The third kappa shape index (κ3) is 4.62. The molecule has 0 heterocycles. The number of hydrogen-bond donors (Lipinski definition) is 3. The van der Waals surface area contributed by atoms with Crippen molar-refractivity contribution < 1.29 is 14.7 Å². The fourth-order valence-electron chi connectivity index (χ4n) is 1.49. The summed E-state index contributed by atoms with van der Waals surface area (Å²) in [5.41, 5.74) is 1.12. The quantitative estimate of drug-likeness (QED) is 0.699. The van der Waals surface area contributed by atoms with Crippen LogP contribution < -0.4 is 10.6 Å². The molecule has 0 saturated carbocycles. The summed E-state index contributed by atoms with van der Waals surface area (Å²) in [7, 11) is 0. The van der Waals surface area contributed by atoms with Crippen molar-refractivity contribution in [2.75, 3.05) is 13.1 Å². The second kappa shape index (κ2) is 6.78. The van der Waals surface area contributed by atoms with Crippen LogP contribution in [0.2, 0.25) is 0 Å². The van der Waals surface area contributed by atoms with Crippen LogP contribution in [0, 0.1) is 12.8 Å². The lowest BCUT2D eigenvalue weighted by molar-refractivity contribution is -0.123. The van der Waals surface area contributed by atoms with Crippen molar-refractivity contribution >= 4 is 11.8 Å². The molecular weight excluding hydrogens is 244 g/mol. The minimum Gasteiger partial charge on any atom is -0.507 e. The summed E-state index contributed by atoms with van der Waals surface area (Å²) in [6.07, 6.45) is 0. The van der Waals surface area contributed by atoms with Gasteiger partial charge < -0.3 is 15.7 Å². The van der Waals surface area contributed by atoms with E-state index in [1.54, 1.807) is 26.0 Å². The minimum atomic E-state index is -0.351. The van der Waals surface area contributed by atoms with Crippen molar-refractivity contribution in [3.63, 3.8) is 0 Å². The molecule has 0 saturated heterocycles. The molecule has 104 valence electrons. The molecule has 1 aromatic carbocycles. The predicted molar refractivity (Wildman–Crippen MR) is 73.0 cm³/mol. The lowest BCUT2D eigenvalue weighted by Crippen LogP contribution is -2.36. The smallest absolute Gasteiger partial charge is 0.255 e. The molecule has 0 bridgehead atoms. The maximum absolute atomic E-state index is 11.8. The molecule has 0 atom stereocenters. The van der Waals surface area contributed by atoms with Crippen molar-refractivity contribution in [1.29, 1.82) is 0 Å². The molecule has 5 nitrogen and oxygen atoms in total. The van der Waals surface area contributed by atoms with Crippen LogP contribution in [-0.4, -0.2) is 30.0 Å². The molecule has 3 N–H and O–H groups in total. The van der Waals surface area contributed by atoms with E-state index in [0.717, 1.165) is 5.56 Å². The van der Waals surface area contributed by atoms with Gasteiger partial charge in [0.15, 0.2) is 0 Å². The Labute approximate surface area is 113 Å². The second-order valence-corrected chi connectivity index (χ2v) is 4.72. The van der Waals surface area contributed by atoms with Crippen molar-refractivity contribution in [1.82, 2.24) is 10.6 Å². The van der Waals surface area contributed by atoms with E-state index in [1.165, 1.54) is 6.07 Å². The topological polar surface area (TPSA) is 78.4 Å². The molecular formula is C14H20N2O3. The number of carbonyl (C=O) groups excluding carboxylic acids is 2. The number of hydrogen-bond acceptors (Lipinski definition) is 3. The molecule has 0 spiro atoms. The summed E-state index contributed by atoms with van der Waals surface area (Å²) in [4.78, 5) is 23.1. The fraction of sp³-hybridized carbons (Fsp3) is 0.429. The Morgan fingerprint density at radius 3 is 2.42 bits per heavy atom. The average Bonchev–Trinajstić information content (AvgIpc) is 2.33. The summed E-state index contributed by atoms with van der Waals surface area (Å²) in [6.45, 7) is 6.14. The van der Waals surface area contributed by atoms with Gasteiger partial charge in [-0.1, -0.05) is 19.9 Å². The molecule has 2 amide bonds. The highest BCUT2D eigenvalue weighted by atomic mass is 16.3. The van der Waals surface area contributed by atoms with Gasteiger partial charge in [-0.15, -0.1) is 0 Å². The van der Waals surface area contributed by atoms with E-state index in [4.69, 9.17) is 0 Å². The van der Waals surface area contributed by atoms with E-state index >= 15 is 0 Å². The Bertz CT molecular complexity index is 470. The predicted octanol–water partition coefficient (Wildman–Crippen LogP) is 1.20. The molecule has 1 aromatic rings. The summed E-state index contributed by atoms with van der Waals surface area (Å²) in [5.74, 6) is -0.510. The van der Waals surface area contributed by atoms with Crippen molar-refractivity contribution in [3.05, 3.63) is 29.3 Å². The third-order valence-electron chi connectivity index (χ3n) is 2.63. The largest absolute Gasteiger partial charge is 0.507 e. The Hall–Kier alpha value is -2.04. The zero-order chi connectivity index (χ0) is 14.4. The molecule has 0 aromatic heterocycles. The van der Waals surface area contributed by atoms with Crippen LogP contribution >= 0.6 is 0 Å². The lowest BCUT2D eigenvalue weighted by Gasteiger charge is -2.09. The maximum atomic E-state index is 11.8. The fourth-order valence-corrected chi connectivity index (χ4v) is 1.49. The summed E-state index contributed by atoms with van der Waals surface area (Å²) >= 11 is 0. The highest BCUT2D eigenvalue weighted by Gasteiger charge is 2.10. The molecule has 0 aliphatic rings. The van der Waals surface area contributed by atoms with Crippen LogP contribution in [0.4, 0.5) is 0 Å².